The molecule has 9 nitrogen and oxygen atoms in total. The molecule has 0 atom stereocenters. The van der Waals surface area contributed by atoms with Crippen molar-refractivity contribution >= 4 is 11.6 Å². The number of rotatable bonds is 2. The molecule has 0 aliphatic carbocycles. The molecule has 0 bridgehead atoms. The Bertz CT molecular complexity index is 764. The summed E-state index contributed by atoms with van der Waals surface area (Å²) in [6.45, 7) is 1.12. The van der Waals surface area contributed by atoms with E-state index >= 15 is 0 Å². The lowest BCUT2D eigenvalue weighted by Crippen LogP contribution is -2.29. The summed E-state index contributed by atoms with van der Waals surface area (Å²) in [5, 5.41) is 12.6. The Morgan fingerprint density at radius 3 is 2.26 bits per heavy atom. The molecule has 1 aromatic carbocycles. The summed E-state index contributed by atoms with van der Waals surface area (Å²) >= 11 is 0. The van der Waals surface area contributed by atoms with E-state index in [1.54, 1.807) is 0 Å². The molecule has 0 radical (unpaired) electrons. The lowest BCUT2D eigenvalue weighted by Gasteiger charge is -1.98. The van der Waals surface area contributed by atoms with Crippen molar-refractivity contribution in [3.05, 3.63) is 55.3 Å². The number of nitrogens with one attached hydrogen (secondary N) is 1. The highest BCUT2D eigenvalue weighted by atomic mass is 16.6. The summed E-state index contributed by atoms with van der Waals surface area (Å²) in [6, 6.07) is 4.82. The average molecular weight is 264 g/mol. The first-order chi connectivity index (χ1) is 8.91. The molecule has 0 fully saturated rings. The summed E-state index contributed by atoms with van der Waals surface area (Å²) in [4.78, 5) is 44.4. The predicted molar refractivity (Wildman–Crippen MR) is 63.6 cm³/mol. The molecule has 1 aromatic heterocycles. The van der Waals surface area contributed by atoms with Gasteiger partial charge in [-0.25, -0.2) is 19.3 Å². The summed E-state index contributed by atoms with van der Waals surface area (Å²) in [6.07, 6.45) is 0. The molecule has 0 saturated carbocycles. The Kier molecular flexibility index (Phi) is 2.87. The smallest absolute Gasteiger partial charge is 0.273 e. The maximum Gasteiger partial charge on any atom is 0.358 e. The summed E-state index contributed by atoms with van der Waals surface area (Å²) in [5.74, 6) is -0.636. The van der Waals surface area contributed by atoms with Gasteiger partial charge in [-0.3, -0.25) is 14.9 Å². The van der Waals surface area contributed by atoms with Crippen molar-refractivity contribution < 1.29 is 9.72 Å². The van der Waals surface area contributed by atoms with E-state index in [-0.39, 0.29) is 11.4 Å². The molecule has 2 rings (SSSR count). The maximum absolute atomic E-state index is 11.8. The van der Waals surface area contributed by atoms with E-state index in [9.17, 15) is 24.5 Å². The fraction of sp³-hybridized carbons (Fsp3) is 0.100. The second-order valence-corrected chi connectivity index (χ2v) is 3.66. The summed E-state index contributed by atoms with van der Waals surface area (Å²) in [5.41, 5.74) is -1.68. The minimum absolute atomic E-state index is 0.136. The van der Waals surface area contributed by atoms with Crippen molar-refractivity contribution in [2.24, 2.45) is 0 Å². The molecule has 19 heavy (non-hydrogen) atoms. The van der Waals surface area contributed by atoms with Crippen LogP contribution in [0.1, 0.15) is 11.7 Å². The van der Waals surface area contributed by atoms with Crippen LogP contribution in [0.2, 0.25) is 0 Å². The lowest BCUT2D eigenvalue weighted by molar-refractivity contribution is -0.384. The van der Waals surface area contributed by atoms with E-state index in [4.69, 9.17) is 0 Å². The molecule has 0 amide bonds. The van der Waals surface area contributed by atoms with Gasteiger partial charge in [0.2, 0.25) is 5.91 Å². The fourth-order valence-corrected chi connectivity index (χ4v) is 1.54. The number of aromatic amines is 1. The number of benzene rings is 1. The lowest BCUT2D eigenvalue weighted by atomic mass is 10.3. The van der Waals surface area contributed by atoms with Gasteiger partial charge in [-0.05, 0) is 12.1 Å². The Balaban J connectivity index is 2.60. The zero-order chi connectivity index (χ0) is 14.2. The first-order valence-electron chi connectivity index (χ1n) is 5.11. The van der Waals surface area contributed by atoms with Crippen molar-refractivity contribution in [3.63, 3.8) is 0 Å². The quantitative estimate of drug-likeness (QED) is 0.599. The molecular weight excluding hydrogens is 256 g/mol. The molecule has 0 saturated heterocycles. The van der Waals surface area contributed by atoms with Crippen molar-refractivity contribution in [2.45, 2.75) is 6.92 Å². The topological polar surface area (TPSA) is 120 Å². The zero-order valence-corrected chi connectivity index (χ0v) is 9.69. The number of carbonyl (C=O) groups excluding carboxylic acids is 1. The Labute approximate surface area is 104 Å². The van der Waals surface area contributed by atoms with Crippen LogP contribution in [0.5, 0.6) is 0 Å². The number of nitro groups is 1. The summed E-state index contributed by atoms with van der Waals surface area (Å²) in [7, 11) is 0. The molecule has 98 valence electrons. The van der Waals surface area contributed by atoms with Crippen LogP contribution in [-0.2, 0) is 0 Å². The summed E-state index contributed by atoms with van der Waals surface area (Å²) < 4.78 is 1.27. The van der Waals surface area contributed by atoms with Gasteiger partial charge in [0.05, 0.1) is 10.6 Å². The molecule has 0 spiro atoms. The van der Waals surface area contributed by atoms with E-state index in [0.29, 0.717) is 9.25 Å². The van der Waals surface area contributed by atoms with Crippen LogP contribution in [0, 0.1) is 10.1 Å². The molecule has 1 N–H and O–H groups in total. The molecule has 1 heterocycles. The SMILES string of the molecule is CC(=O)n1[nH]c(=O)n(-c2ccc([N+](=O)[O-])cc2)c1=O. The van der Waals surface area contributed by atoms with Crippen molar-refractivity contribution in [2.75, 3.05) is 0 Å². The number of H-pyrrole nitrogens is 1. The number of non-ortho nitro benzene ring substituents is 1. The highest BCUT2D eigenvalue weighted by molar-refractivity contribution is 5.74. The molecule has 2 aromatic rings. The predicted octanol–water partition coefficient (Wildman–Crippen LogP) is -0.104. The van der Waals surface area contributed by atoms with Crippen LogP contribution < -0.4 is 11.4 Å². The fourth-order valence-electron chi connectivity index (χ4n) is 1.54. The van der Waals surface area contributed by atoms with Crippen LogP contribution in [0.15, 0.2) is 33.9 Å². The third-order valence-electron chi connectivity index (χ3n) is 2.43. The number of carbonyl (C=O) groups is 1. The van der Waals surface area contributed by atoms with E-state index in [2.05, 4.69) is 5.10 Å². The number of aromatic nitrogens is 3. The van der Waals surface area contributed by atoms with E-state index in [1.807, 2.05) is 0 Å². The largest absolute Gasteiger partial charge is 0.358 e. The first-order valence-corrected chi connectivity index (χ1v) is 5.11. The monoisotopic (exact) mass is 264 g/mol. The van der Waals surface area contributed by atoms with Gasteiger partial charge in [0.1, 0.15) is 0 Å². The van der Waals surface area contributed by atoms with Crippen molar-refractivity contribution in [3.8, 4) is 5.69 Å². The Morgan fingerprint density at radius 2 is 1.84 bits per heavy atom. The molecule has 0 unspecified atom stereocenters. The van der Waals surface area contributed by atoms with Crippen LogP contribution in [0.3, 0.4) is 0 Å². The van der Waals surface area contributed by atoms with Gasteiger partial charge in [0, 0.05) is 19.1 Å². The third-order valence-corrected chi connectivity index (χ3v) is 2.43. The van der Waals surface area contributed by atoms with Gasteiger partial charge in [-0.15, -0.1) is 0 Å². The van der Waals surface area contributed by atoms with Crippen LogP contribution in [-0.4, -0.2) is 25.2 Å². The highest BCUT2D eigenvalue weighted by Crippen LogP contribution is 2.12. The second-order valence-electron chi connectivity index (χ2n) is 3.66. The van der Waals surface area contributed by atoms with Crippen molar-refractivity contribution in [1.82, 2.24) is 14.3 Å². The minimum atomic E-state index is -0.855. The first kappa shape index (κ1) is 12.5. The molecule has 9 heteroatoms. The van der Waals surface area contributed by atoms with E-state index in [0.717, 1.165) is 19.1 Å². The molecular formula is C10H8N4O5. The average Bonchev–Trinajstić information content (AvgIpc) is 2.65. The second kappa shape index (κ2) is 4.37. The molecule has 0 aliphatic heterocycles. The third kappa shape index (κ3) is 2.08. The van der Waals surface area contributed by atoms with Gasteiger partial charge in [-0.2, -0.15) is 4.68 Å². The molecule has 0 aliphatic rings. The van der Waals surface area contributed by atoms with Crippen LogP contribution in [0.25, 0.3) is 5.69 Å². The highest BCUT2D eigenvalue weighted by Gasteiger charge is 2.14. The van der Waals surface area contributed by atoms with Crippen LogP contribution >= 0.6 is 0 Å². The number of nitro benzene ring substituents is 1. The van der Waals surface area contributed by atoms with Crippen molar-refractivity contribution in [1.29, 1.82) is 0 Å². The van der Waals surface area contributed by atoms with Crippen LogP contribution in [0.4, 0.5) is 5.69 Å². The van der Waals surface area contributed by atoms with Gasteiger partial charge >= 0.3 is 11.4 Å². The Hall–Kier alpha value is -2.97. The van der Waals surface area contributed by atoms with Gasteiger partial charge in [-0.1, -0.05) is 0 Å². The Morgan fingerprint density at radius 1 is 1.26 bits per heavy atom. The van der Waals surface area contributed by atoms with Gasteiger partial charge < -0.3 is 0 Å². The number of hydrogen-bond donors (Lipinski definition) is 1. The van der Waals surface area contributed by atoms with E-state index < -0.39 is 22.2 Å². The van der Waals surface area contributed by atoms with Gasteiger partial charge in [0.25, 0.3) is 5.69 Å². The number of hydrogen-bond acceptors (Lipinski definition) is 5. The normalized spacial score (nSPS) is 10.4. The van der Waals surface area contributed by atoms with Gasteiger partial charge in [0.15, 0.2) is 0 Å². The van der Waals surface area contributed by atoms with E-state index in [1.165, 1.54) is 12.1 Å². The minimum Gasteiger partial charge on any atom is -0.273 e. The number of nitrogens with zero attached hydrogens (tertiary/aromatic N) is 3. The maximum atomic E-state index is 11.8. The standard InChI is InChI=1S/C10H8N4O5/c1-6(15)13-10(17)12(9(16)11-13)7-2-4-8(5-3-7)14(18)19/h2-5H,1H3,(H,11,16). The zero-order valence-electron chi connectivity index (χ0n) is 9.69.